The molecule has 10 heteroatoms. The lowest BCUT2D eigenvalue weighted by atomic mass is 10.1. The van der Waals surface area contributed by atoms with Crippen LogP contribution in [-0.4, -0.2) is 36.0 Å². The van der Waals surface area contributed by atoms with Gasteiger partial charge in [0.1, 0.15) is 5.82 Å². The molecule has 1 aromatic carbocycles. The van der Waals surface area contributed by atoms with E-state index in [1.54, 1.807) is 37.3 Å². The highest BCUT2D eigenvalue weighted by Crippen LogP contribution is 2.23. The number of nitrogens with zero attached hydrogens (tertiary/aromatic N) is 3. The molecule has 9 nitrogen and oxygen atoms in total. The Bertz CT molecular complexity index is 1080. The highest BCUT2D eigenvalue weighted by molar-refractivity contribution is 7.89. The van der Waals surface area contributed by atoms with Crippen molar-refractivity contribution < 1.29 is 17.7 Å². The zero-order valence-electron chi connectivity index (χ0n) is 15.3. The fraction of sp³-hybridized carbons (Fsp3) is 0.222. The maximum absolute atomic E-state index is 12.7. The molecular weight excluding hydrogens is 382 g/mol. The first-order valence-corrected chi connectivity index (χ1v) is 10.0. The third-order valence-electron chi connectivity index (χ3n) is 3.86. The molecule has 0 bridgehead atoms. The van der Waals surface area contributed by atoms with Crippen molar-refractivity contribution in [2.24, 2.45) is 0 Å². The summed E-state index contributed by atoms with van der Waals surface area (Å²) in [6.45, 7) is 3.12. The zero-order valence-corrected chi connectivity index (χ0v) is 16.2. The lowest BCUT2D eigenvalue weighted by Gasteiger charge is -2.10. The van der Waals surface area contributed by atoms with Crippen molar-refractivity contribution >= 4 is 21.7 Å². The van der Waals surface area contributed by atoms with Crippen molar-refractivity contribution in [3.63, 3.8) is 0 Å². The Labute approximate surface area is 162 Å². The molecule has 2 aromatic heterocycles. The van der Waals surface area contributed by atoms with Crippen molar-refractivity contribution in [2.45, 2.75) is 25.2 Å². The molecule has 0 atom stereocenters. The van der Waals surface area contributed by atoms with Crippen LogP contribution in [0.25, 0.3) is 11.4 Å². The second kappa shape index (κ2) is 8.28. The fourth-order valence-electron chi connectivity index (χ4n) is 2.41. The lowest BCUT2D eigenvalue weighted by Crippen LogP contribution is -2.33. The smallest absolute Gasteiger partial charge is 0.241 e. The summed E-state index contributed by atoms with van der Waals surface area (Å²) in [7, 11) is -3.92. The number of hydrogen-bond donors (Lipinski definition) is 2. The quantitative estimate of drug-likeness (QED) is 0.619. The summed E-state index contributed by atoms with van der Waals surface area (Å²) in [6.07, 6.45) is 2.10. The van der Waals surface area contributed by atoms with Gasteiger partial charge in [-0.15, -0.1) is 0 Å². The van der Waals surface area contributed by atoms with Gasteiger partial charge in [-0.2, -0.15) is 4.98 Å². The molecule has 0 aliphatic rings. The van der Waals surface area contributed by atoms with Crippen molar-refractivity contribution in [1.82, 2.24) is 19.8 Å². The molecule has 3 aromatic rings. The van der Waals surface area contributed by atoms with E-state index >= 15 is 0 Å². The first kappa shape index (κ1) is 19.6. The largest absolute Gasteiger partial charge is 0.339 e. The molecule has 146 valence electrons. The molecule has 0 unspecified atom stereocenters. The molecule has 3 rings (SSSR count). The van der Waals surface area contributed by atoms with Gasteiger partial charge in [-0.25, -0.2) is 18.1 Å². The summed E-state index contributed by atoms with van der Waals surface area (Å²) in [4.78, 5) is 20.2. The van der Waals surface area contributed by atoms with Gasteiger partial charge < -0.3 is 9.84 Å². The standard InChI is InChI=1S/C18H19N5O4S/c1-3-17-22-18(23-27-17)13-8-7-12(2)14(10-13)28(25,26)20-11-16(24)21-15-6-4-5-9-19-15/h4-10,20H,3,11H2,1-2H3,(H,19,21,24). The summed E-state index contributed by atoms with van der Waals surface area (Å²) >= 11 is 0. The third kappa shape index (κ3) is 4.59. The lowest BCUT2D eigenvalue weighted by molar-refractivity contribution is -0.115. The van der Waals surface area contributed by atoms with Gasteiger partial charge in [0.15, 0.2) is 0 Å². The van der Waals surface area contributed by atoms with Gasteiger partial charge in [0, 0.05) is 18.2 Å². The maximum atomic E-state index is 12.7. The number of carbonyl (C=O) groups is 1. The van der Waals surface area contributed by atoms with Gasteiger partial charge in [0.25, 0.3) is 0 Å². The van der Waals surface area contributed by atoms with Crippen LogP contribution in [0.5, 0.6) is 0 Å². The van der Waals surface area contributed by atoms with E-state index in [0.717, 1.165) is 0 Å². The number of hydrogen-bond acceptors (Lipinski definition) is 7. The number of benzene rings is 1. The summed E-state index contributed by atoms with van der Waals surface area (Å²) in [5.74, 6) is 0.584. The second-order valence-electron chi connectivity index (χ2n) is 5.93. The molecule has 0 aliphatic carbocycles. The van der Waals surface area contributed by atoms with Crippen molar-refractivity contribution in [1.29, 1.82) is 0 Å². The van der Waals surface area contributed by atoms with Crippen LogP contribution in [-0.2, 0) is 21.2 Å². The maximum Gasteiger partial charge on any atom is 0.241 e. The molecule has 0 saturated heterocycles. The normalized spacial score (nSPS) is 11.4. The highest BCUT2D eigenvalue weighted by atomic mass is 32.2. The SMILES string of the molecule is CCc1nc(-c2ccc(C)c(S(=O)(=O)NCC(=O)Nc3ccccn3)c2)no1. The number of sulfonamides is 1. The van der Waals surface area contributed by atoms with Crippen LogP contribution in [0.15, 0.2) is 52.0 Å². The number of nitrogens with one attached hydrogen (secondary N) is 2. The number of aromatic nitrogens is 3. The molecule has 0 spiro atoms. The van der Waals surface area contributed by atoms with E-state index in [9.17, 15) is 13.2 Å². The molecule has 0 radical (unpaired) electrons. The van der Waals surface area contributed by atoms with Gasteiger partial charge in [-0.05, 0) is 30.7 Å². The second-order valence-corrected chi connectivity index (χ2v) is 7.67. The minimum absolute atomic E-state index is 0.0403. The van der Waals surface area contributed by atoms with Crippen molar-refractivity contribution in [3.05, 3.63) is 54.0 Å². The molecule has 2 heterocycles. The summed E-state index contributed by atoms with van der Waals surface area (Å²) in [5, 5.41) is 6.38. The van der Waals surface area contributed by atoms with Crippen molar-refractivity contribution in [2.75, 3.05) is 11.9 Å². The van der Waals surface area contributed by atoms with E-state index in [1.807, 2.05) is 6.92 Å². The minimum Gasteiger partial charge on any atom is -0.339 e. The van der Waals surface area contributed by atoms with E-state index in [0.29, 0.717) is 35.1 Å². The number of aryl methyl sites for hydroxylation is 2. The Hall–Kier alpha value is -3.11. The number of amides is 1. The van der Waals surface area contributed by atoms with Crippen LogP contribution in [0, 0.1) is 6.92 Å². The molecule has 1 amide bonds. The van der Waals surface area contributed by atoms with Crippen LogP contribution < -0.4 is 10.0 Å². The van der Waals surface area contributed by atoms with Crippen LogP contribution in [0.3, 0.4) is 0 Å². The predicted octanol–water partition coefficient (Wildman–Crippen LogP) is 1.92. The summed E-state index contributed by atoms with van der Waals surface area (Å²) < 4.78 is 32.7. The van der Waals surface area contributed by atoms with Gasteiger partial charge in [0.2, 0.25) is 27.6 Å². The Kier molecular flexibility index (Phi) is 5.81. The zero-order chi connectivity index (χ0) is 20.1. The summed E-state index contributed by atoms with van der Waals surface area (Å²) in [5.41, 5.74) is 1.04. The van der Waals surface area contributed by atoms with Gasteiger partial charge in [0.05, 0.1) is 11.4 Å². The highest BCUT2D eigenvalue weighted by Gasteiger charge is 2.20. The monoisotopic (exact) mass is 401 g/mol. The van der Waals surface area contributed by atoms with E-state index in [4.69, 9.17) is 4.52 Å². The number of anilines is 1. The van der Waals surface area contributed by atoms with Crippen molar-refractivity contribution in [3.8, 4) is 11.4 Å². The fourth-order valence-corrected chi connectivity index (χ4v) is 3.66. The summed E-state index contributed by atoms with van der Waals surface area (Å²) in [6, 6.07) is 9.85. The van der Waals surface area contributed by atoms with Gasteiger partial charge in [-0.1, -0.05) is 30.3 Å². The topological polar surface area (TPSA) is 127 Å². The Morgan fingerprint density at radius 1 is 1.21 bits per heavy atom. The van der Waals surface area contributed by atoms with E-state index in [2.05, 4.69) is 25.2 Å². The van der Waals surface area contributed by atoms with Crippen LogP contribution in [0.1, 0.15) is 18.4 Å². The molecule has 0 fully saturated rings. The number of pyridine rings is 1. The Morgan fingerprint density at radius 3 is 2.71 bits per heavy atom. The predicted molar refractivity (Wildman–Crippen MR) is 102 cm³/mol. The average Bonchev–Trinajstić information content (AvgIpc) is 3.17. The first-order valence-electron chi connectivity index (χ1n) is 8.53. The van der Waals surface area contributed by atoms with Crippen LogP contribution in [0.2, 0.25) is 0 Å². The number of carbonyl (C=O) groups excluding carboxylic acids is 1. The van der Waals surface area contributed by atoms with Gasteiger partial charge in [-0.3, -0.25) is 4.79 Å². The van der Waals surface area contributed by atoms with Crippen LogP contribution in [0.4, 0.5) is 5.82 Å². The van der Waals surface area contributed by atoms with E-state index in [1.165, 1.54) is 12.3 Å². The van der Waals surface area contributed by atoms with E-state index in [-0.39, 0.29) is 4.90 Å². The average molecular weight is 401 g/mol. The Balaban J connectivity index is 1.75. The molecule has 2 N–H and O–H groups in total. The molecule has 28 heavy (non-hydrogen) atoms. The molecular formula is C18H19N5O4S. The number of rotatable bonds is 7. The van der Waals surface area contributed by atoms with Gasteiger partial charge >= 0.3 is 0 Å². The Morgan fingerprint density at radius 2 is 2.04 bits per heavy atom. The first-order chi connectivity index (χ1) is 13.4. The third-order valence-corrected chi connectivity index (χ3v) is 5.40. The minimum atomic E-state index is -3.92. The molecule has 0 saturated carbocycles. The molecule has 0 aliphatic heterocycles. The van der Waals surface area contributed by atoms with Crippen LogP contribution >= 0.6 is 0 Å². The van der Waals surface area contributed by atoms with E-state index < -0.39 is 22.5 Å².